The summed E-state index contributed by atoms with van der Waals surface area (Å²) in [6.45, 7) is 5.41. The molecule has 94 valence electrons. The Bertz CT molecular complexity index is 444. The van der Waals surface area contributed by atoms with Crippen molar-refractivity contribution < 1.29 is 9.53 Å². The number of nitrogens with one attached hydrogen (secondary N) is 1. The molecule has 6 heteroatoms. The Balaban J connectivity index is 2.82. The Labute approximate surface area is 122 Å². The summed E-state index contributed by atoms with van der Waals surface area (Å²) < 4.78 is 6.61. The molecule has 0 bridgehead atoms. The minimum atomic E-state index is -0.532. The second kappa shape index (κ2) is 5.59. The van der Waals surface area contributed by atoms with E-state index in [1.54, 1.807) is 32.9 Å². The fourth-order valence-corrected chi connectivity index (χ4v) is 2.29. The quantitative estimate of drug-likeness (QED) is 0.674. The highest BCUT2D eigenvalue weighted by Crippen LogP contribution is 2.32. The van der Waals surface area contributed by atoms with E-state index in [1.807, 2.05) is 0 Å². The van der Waals surface area contributed by atoms with Crippen LogP contribution in [-0.4, -0.2) is 11.7 Å². The standard InChI is InChI=1S/C11H12Br2ClNO2/c1-11(2,3)17-10(16)15-9-5-8(14)6(12)4-7(9)13/h4-5H,1-3H3,(H,15,16). The Morgan fingerprint density at radius 3 is 2.41 bits per heavy atom. The van der Waals surface area contributed by atoms with Crippen LogP contribution in [0, 0.1) is 0 Å². The van der Waals surface area contributed by atoms with Crippen LogP contribution in [0.4, 0.5) is 10.5 Å². The highest BCUT2D eigenvalue weighted by Gasteiger charge is 2.17. The number of hydrogen-bond donors (Lipinski definition) is 1. The third-order valence-corrected chi connectivity index (χ3v) is 3.50. The topological polar surface area (TPSA) is 38.3 Å². The van der Waals surface area contributed by atoms with Gasteiger partial charge >= 0.3 is 6.09 Å². The monoisotopic (exact) mass is 383 g/mol. The van der Waals surface area contributed by atoms with E-state index in [0.717, 1.165) is 8.95 Å². The molecule has 1 rings (SSSR count). The van der Waals surface area contributed by atoms with Crippen LogP contribution in [0.3, 0.4) is 0 Å². The average Bonchev–Trinajstić information content (AvgIpc) is 2.11. The predicted molar refractivity (Wildman–Crippen MR) is 76.7 cm³/mol. The lowest BCUT2D eigenvalue weighted by Crippen LogP contribution is -2.27. The van der Waals surface area contributed by atoms with Crippen molar-refractivity contribution in [3.8, 4) is 0 Å². The lowest BCUT2D eigenvalue weighted by atomic mass is 10.2. The van der Waals surface area contributed by atoms with Crippen LogP contribution in [0.2, 0.25) is 5.02 Å². The zero-order chi connectivity index (χ0) is 13.2. The fraction of sp³-hybridized carbons (Fsp3) is 0.364. The zero-order valence-corrected chi connectivity index (χ0v) is 13.5. The lowest BCUT2D eigenvalue weighted by Gasteiger charge is -2.20. The SMILES string of the molecule is CC(C)(C)OC(=O)Nc1cc(Cl)c(Br)cc1Br. The molecular weight excluding hydrogens is 373 g/mol. The first-order valence-corrected chi connectivity index (χ1v) is 6.80. The second-order valence-electron chi connectivity index (χ2n) is 4.37. The van der Waals surface area contributed by atoms with Crippen LogP contribution in [0.25, 0.3) is 0 Å². The number of rotatable bonds is 1. The van der Waals surface area contributed by atoms with Crippen LogP contribution in [0.1, 0.15) is 20.8 Å². The van der Waals surface area contributed by atoms with E-state index >= 15 is 0 Å². The van der Waals surface area contributed by atoms with Crippen LogP contribution in [-0.2, 0) is 4.74 Å². The van der Waals surface area contributed by atoms with Gasteiger partial charge in [-0.25, -0.2) is 4.79 Å². The average molecular weight is 385 g/mol. The van der Waals surface area contributed by atoms with Crippen molar-refractivity contribution >= 4 is 55.2 Å². The molecule has 1 N–H and O–H groups in total. The van der Waals surface area contributed by atoms with Gasteiger partial charge in [0.15, 0.2) is 0 Å². The number of amides is 1. The fourth-order valence-electron chi connectivity index (χ4n) is 1.03. The minimum Gasteiger partial charge on any atom is -0.444 e. The van der Waals surface area contributed by atoms with Gasteiger partial charge in [0.05, 0.1) is 10.7 Å². The van der Waals surface area contributed by atoms with Gasteiger partial charge < -0.3 is 4.74 Å². The zero-order valence-electron chi connectivity index (χ0n) is 9.61. The molecule has 3 nitrogen and oxygen atoms in total. The van der Waals surface area contributed by atoms with Crippen molar-refractivity contribution in [3.05, 3.63) is 26.1 Å². The molecular formula is C11H12Br2ClNO2. The van der Waals surface area contributed by atoms with E-state index < -0.39 is 11.7 Å². The van der Waals surface area contributed by atoms with E-state index in [1.165, 1.54) is 0 Å². The maximum atomic E-state index is 11.6. The summed E-state index contributed by atoms with van der Waals surface area (Å²) in [5.74, 6) is 0. The predicted octanol–water partition coefficient (Wildman–Crippen LogP) is 5.21. The molecule has 0 saturated heterocycles. The summed E-state index contributed by atoms with van der Waals surface area (Å²) in [4.78, 5) is 11.6. The largest absolute Gasteiger partial charge is 0.444 e. The molecule has 0 spiro atoms. The van der Waals surface area contributed by atoms with Crippen molar-refractivity contribution in [1.29, 1.82) is 0 Å². The van der Waals surface area contributed by atoms with Gasteiger partial charge in [-0.15, -0.1) is 0 Å². The van der Waals surface area contributed by atoms with E-state index in [9.17, 15) is 4.79 Å². The second-order valence-corrected chi connectivity index (χ2v) is 6.49. The molecule has 0 aliphatic rings. The molecule has 0 aromatic heterocycles. The summed E-state index contributed by atoms with van der Waals surface area (Å²) in [5, 5.41) is 3.13. The third kappa shape index (κ3) is 4.85. The number of carbonyl (C=O) groups is 1. The number of ether oxygens (including phenoxy) is 1. The number of benzene rings is 1. The smallest absolute Gasteiger partial charge is 0.412 e. The molecule has 1 aromatic carbocycles. The van der Waals surface area contributed by atoms with Gasteiger partial charge in [-0.3, -0.25) is 5.32 Å². The molecule has 0 aliphatic carbocycles. The van der Waals surface area contributed by atoms with E-state index in [0.29, 0.717) is 10.7 Å². The molecule has 1 amide bonds. The van der Waals surface area contributed by atoms with Gasteiger partial charge in [0.25, 0.3) is 0 Å². The summed E-state index contributed by atoms with van der Waals surface area (Å²) in [7, 11) is 0. The van der Waals surface area contributed by atoms with E-state index in [2.05, 4.69) is 37.2 Å². The normalized spacial score (nSPS) is 11.2. The highest BCUT2D eigenvalue weighted by atomic mass is 79.9. The Morgan fingerprint density at radius 1 is 1.29 bits per heavy atom. The summed E-state index contributed by atoms with van der Waals surface area (Å²) in [6, 6.07) is 3.40. The minimum absolute atomic E-state index is 0.513. The molecule has 0 unspecified atom stereocenters. The van der Waals surface area contributed by atoms with Crippen molar-refractivity contribution in [2.24, 2.45) is 0 Å². The molecule has 0 fully saturated rings. The van der Waals surface area contributed by atoms with Gasteiger partial charge in [0.1, 0.15) is 5.60 Å². The number of carbonyl (C=O) groups excluding carboxylic acids is 1. The molecule has 0 aliphatic heterocycles. The summed E-state index contributed by atoms with van der Waals surface area (Å²) in [5.41, 5.74) is 0.0304. The van der Waals surface area contributed by atoms with Gasteiger partial charge in [-0.1, -0.05) is 11.6 Å². The molecule has 17 heavy (non-hydrogen) atoms. The maximum Gasteiger partial charge on any atom is 0.412 e. The number of hydrogen-bond acceptors (Lipinski definition) is 2. The van der Waals surface area contributed by atoms with Crippen LogP contribution in [0.5, 0.6) is 0 Å². The first-order chi connectivity index (χ1) is 7.69. The number of anilines is 1. The maximum absolute atomic E-state index is 11.6. The van der Waals surface area contributed by atoms with Gasteiger partial charge in [-0.05, 0) is 64.8 Å². The Morgan fingerprint density at radius 2 is 1.88 bits per heavy atom. The van der Waals surface area contributed by atoms with Crippen LogP contribution >= 0.6 is 43.5 Å². The van der Waals surface area contributed by atoms with Gasteiger partial charge in [-0.2, -0.15) is 0 Å². The molecule has 0 radical (unpaired) electrons. The summed E-state index contributed by atoms with van der Waals surface area (Å²) in [6.07, 6.45) is -0.517. The van der Waals surface area contributed by atoms with E-state index in [-0.39, 0.29) is 0 Å². The lowest BCUT2D eigenvalue weighted by molar-refractivity contribution is 0.0636. The molecule has 0 saturated carbocycles. The molecule has 0 atom stereocenters. The summed E-state index contributed by atoms with van der Waals surface area (Å²) >= 11 is 12.6. The Hall–Kier alpha value is -0.260. The first kappa shape index (κ1) is 14.8. The van der Waals surface area contributed by atoms with Crippen LogP contribution < -0.4 is 5.32 Å². The van der Waals surface area contributed by atoms with Crippen molar-refractivity contribution in [2.45, 2.75) is 26.4 Å². The van der Waals surface area contributed by atoms with E-state index in [4.69, 9.17) is 16.3 Å². The molecule has 0 heterocycles. The highest BCUT2D eigenvalue weighted by molar-refractivity contribution is 9.11. The molecule has 1 aromatic rings. The van der Waals surface area contributed by atoms with Crippen LogP contribution in [0.15, 0.2) is 21.1 Å². The third-order valence-electron chi connectivity index (χ3n) is 1.65. The number of halogens is 3. The van der Waals surface area contributed by atoms with Crippen molar-refractivity contribution in [2.75, 3.05) is 5.32 Å². The first-order valence-electron chi connectivity index (χ1n) is 4.83. The van der Waals surface area contributed by atoms with Gasteiger partial charge in [0.2, 0.25) is 0 Å². The van der Waals surface area contributed by atoms with Crippen molar-refractivity contribution in [1.82, 2.24) is 0 Å². The Kier molecular flexibility index (Phi) is 4.86. The van der Waals surface area contributed by atoms with Gasteiger partial charge in [0, 0.05) is 8.95 Å². The van der Waals surface area contributed by atoms with Crippen molar-refractivity contribution in [3.63, 3.8) is 0 Å².